The number of halogens is 3. The largest absolute Gasteiger partial charge is 0.418 e. The molecular weight excluding hydrogens is 275 g/mol. The van der Waals surface area contributed by atoms with Crippen molar-refractivity contribution in [2.75, 3.05) is 18.8 Å². The zero-order valence-corrected chi connectivity index (χ0v) is 10.7. The molecule has 1 rings (SSSR count). The van der Waals surface area contributed by atoms with Crippen LogP contribution in [0.4, 0.5) is 18.9 Å². The van der Waals surface area contributed by atoms with Crippen molar-refractivity contribution >= 4 is 17.5 Å². The number of nitrogen functional groups attached to an aromatic ring is 1. The smallest absolute Gasteiger partial charge is 0.398 e. The average molecular weight is 289 g/mol. The highest BCUT2D eigenvalue weighted by atomic mass is 19.4. The average Bonchev–Trinajstić information content (AvgIpc) is 2.35. The summed E-state index contributed by atoms with van der Waals surface area (Å²) in [5.41, 5.74) is 3.30. The number of benzene rings is 1. The van der Waals surface area contributed by atoms with Crippen LogP contribution in [0.5, 0.6) is 0 Å². The molecule has 0 atom stereocenters. The van der Waals surface area contributed by atoms with E-state index in [0.29, 0.717) is 6.54 Å². The molecule has 0 saturated carbocycles. The van der Waals surface area contributed by atoms with E-state index in [4.69, 9.17) is 5.73 Å². The van der Waals surface area contributed by atoms with Gasteiger partial charge in [0.1, 0.15) is 0 Å². The lowest BCUT2D eigenvalue weighted by Gasteiger charge is -2.13. The number of likely N-dealkylation sites (N-methyl/N-ethyl adjacent to an activating group) is 1. The Morgan fingerprint density at radius 2 is 1.90 bits per heavy atom. The van der Waals surface area contributed by atoms with Crippen LogP contribution in [0.2, 0.25) is 0 Å². The molecule has 1 aromatic rings. The van der Waals surface area contributed by atoms with Gasteiger partial charge in [0.25, 0.3) is 5.91 Å². The van der Waals surface area contributed by atoms with Crippen molar-refractivity contribution in [3.63, 3.8) is 0 Å². The minimum atomic E-state index is -4.64. The van der Waals surface area contributed by atoms with Crippen LogP contribution in [0, 0.1) is 0 Å². The Bertz CT molecular complexity index is 515. The highest BCUT2D eigenvalue weighted by molar-refractivity contribution is 6.01. The van der Waals surface area contributed by atoms with Crippen LogP contribution in [-0.4, -0.2) is 24.9 Å². The van der Waals surface area contributed by atoms with Gasteiger partial charge >= 0.3 is 6.18 Å². The van der Waals surface area contributed by atoms with E-state index in [1.54, 1.807) is 6.92 Å². The summed E-state index contributed by atoms with van der Waals surface area (Å²) in [6, 6.07) is 3.04. The maximum atomic E-state index is 12.6. The second kappa shape index (κ2) is 6.27. The van der Waals surface area contributed by atoms with Crippen molar-refractivity contribution in [3.8, 4) is 0 Å². The van der Waals surface area contributed by atoms with Gasteiger partial charge in [-0.3, -0.25) is 9.59 Å². The van der Waals surface area contributed by atoms with Crippen LogP contribution in [0.3, 0.4) is 0 Å². The SMILES string of the molecule is CCNC(=O)CNC(=O)c1cccc(C(F)(F)F)c1N. The Kier molecular flexibility index (Phi) is 4.95. The van der Waals surface area contributed by atoms with E-state index in [2.05, 4.69) is 10.6 Å². The van der Waals surface area contributed by atoms with Gasteiger partial charge in [0.15, 0.2) is 0 Å². The van der Waals surface area contributed by atoms with Gasteiger partial charge in [-0.2, -0.15) is 13.2 Å². The molecule has 2 amide bonds. The minimum absolute atomic E-state index is 0.316. The summed E-state index contributed by atoms with van der Waals surface area (Å²) in [4.78, 5) is 22.9. The van der Waals surface area contributed by atoms with E-state index in [1.165, 1.54) is 0 Å². The molecule has 0 heterocycles. The van der Waals surface area contributed by atoms with Crippen molar-refractivity contribution in [3.05, 3.63) is 29.3 Å². The van der Waals surface area contributed by atoms with E-state index in [9.17, 15) is 22.8 Å². The van der Waals surface area contributed by atoms with E-state index < -0.39 is 29.2 Å². The third-order valence-electron chi connectivity index (χ3n) is 2.44. The molecule has 0 aromatic heterocycles. The van der Waals surface area contributed by atoms with Crippen molar-refractivity contribution in [2.45, 2.75) is 13.1 Å². The van der Waals surface area contributed by atoms with Crippen LogP contribution in [0.15, 0.2) is 18.2 Å². The van der Waals surface area contributed by atoms with Gasteiger partial charge in [0, 0.05) is 6.54 Å². The lowest BCUT2D eigenvalue weighted by atomic mass is 10.1. The first-order valence-corrected chi connectivity index (χ1v) is 5.78. The summed E-state index contributed by atoms with van der Waals surface area (Å²) in [5, 5.41) is 4.64. The molecule has 0 aliphatic heterocycles. The van der Waals surface area contributed by atoms with Crippen LogP contribution in [0.25, 0.3) is 0 Å². The number of carbonyl (C=O) groups is 2. The molecular formula is C12H14F3N3O2. The molecule has 0 aliphatic rings. The molecule has 20 heavy (non-hydrogen) atoms. The Labute approximate surface area is 113 Å². The lowest BCUT2D eigenvalue weighted by Crippen LogP contribution is -2.37. The summed E-state index contributed by atoms with van der Waals surface area (Å²) in [6.07, 6.45) is -4.64. The molecule has 0 unspecified atom stereocenters. The summed E-state index contributed by atoms with van der Waals surface area (Å²) in [7, 11) is 0. The standard InChI is InChI=1S/C12H14F3N3O2/c1-2-17-9(19)6-18-11(20)7-4-3-5-8(10(7)16)12(13,14)15/h3-5H,2,6,16H2,1H3,(H,17,19)(H,18,20). The number of alkyl halides is 3. The fraction of sp³-hybridized carbons (Fsp3) is 0.333. The monoisotopic (exact) mass is 289 g/mol. The Balaban J connectivity index is 2.87. The molecule has 0 radical (unpaired) electrons. The van der Waals surface area contributed by atoms with E-state index in [0.717, 1.165) is 18.2 Å². The van der Waals surface area contributed by atoms with Gasteiger partial charge in [-0.15, -0.1) is 0 Å². The molecule has 0 spiro atoms. The highest BCUT2D eigenvalue weighted by Crippen LogP contribution is 2.34. The van der Waals surface area contributed by atoms with Crippen LogP contribution >= 0.6 is 0 Å². The Hall–Kier alpha value is -2.25. The van der Waals surface area contributed by atoms with E-state index >= 15 is 0 Å². The van der Waals surface area contributed by atoms with Crippen LogP contribution < -0.4 is 16.4 Å². The molecule has 0 fully saturated rings. The summed E-state index contributed by atoms with van der Waals surface area (Å²) >= 11 is 0. The predicted molar refractivity (Wildman–Crippen MR) is 66.9 cm³/mol. The summed E-state index contributed by atoms with van der Waals surface area (Å²) < 4.78 is 37.9. The van der Waals surface area contributed by atoms with Crippen LogP contribution in [0.1, 0.15) is 22.8 Å². The zero-order chi connectivity index (χ0) is 15.3. The van der Waals surface area contributed by atoms with Gasteiger partial charge in [-0.05, 0) is 19.1 Å². The van der Waals surface area contributed by atoms with Gasteiger partial charge < -0.3 is 16.4 Å². The number of hydrogen-bond acceptors (Lipinski definition) is 3. The molecule has 0 aliphatic carbocycles. The molecule has 110 valence electrons. The maximum absolute atomic E-state index is 12.6. The number of hydrogen-bond donors (Lipinski definition) is 3. The Morgan fingerprint density at radius 1 is 1.25 bits per heavy atom. The van der Waals surface area contributed by atoms with Gasteiger partial charge in [-0.25, -0.2) is 0 Å². The highest BCUT2D eigenvalue weighted by Gasteiger charge is 2.34. The normalized spacial score (nSPS) is 11.0. The quantitative estimate of drug-likeness (QED) is 0.727. The van der Waals surface area contributed by atoms with Crippen molar-refractivity contribution in [1.82, 2.24) is 10.6 Å². The first-order chi connectivity index (χ1) is 9.27. The van der Waals surface area contributed by atoms with Crippen molar-refractivity contribution in [2.24, 2.45) is 0 Å². The molecule has 1 aromatic carbocycles. The second-order valence-corrected chi connectivity index (χ2v) is 3.90. The number of anilines is 1. The minimum Gasteiger partial charge on any atom is -0.398 e. The number of amides is 2. The molecule has 5 nitrogen and oxygen atoms in total. The zero-order valence-electron chi connectivity index (χ0n) is 10.7. The first kappa shape index (κ1) is 15.8. The molecule has 0 saturated heterocycles. The van der Waals surface area contributed by atoms with E-state index in [-0.39, 0.29) is 12.1 Å². The fourth-order valence-electron chi connectivity index (χ4n) is 1.53. The second-order valence-electron chi connectivity index (χ2n) is 3.90. The molecule has 8 heteroatoms. The Morgan fingerprint density at radius 3 is 2.45 bits per heavy atom. The third kappa shape index (κ3) is 3.87. The molecule has 4 N–H and O–H groups in total. The fourth-order valence-corrected chi connectivity index (χ4v) is 1.53. The number of nitrogens with one attached hydrogen (secondary N) is 2. The number of rotatable bonds is 4. The molecule has 0 bridgehead atoms. The lowest BCUT2D eigenvalue weighted by molar-refractivity contribution is -0.137. The van der Waals surface area contributed by atoms with Crippen LogP contribution in [-0.2, 0) is 11.0 Å². The van der Waals surface area contributed by atoms with Gasteiger partial charge in [0.2, 0.25) is 5.91 Å². The van der Waals surface area contributed by atoms with Crippen molar-refractivity contribution < 1.29 is 22.8 Å². The number of para-hydroxylation sites is 1. The van der Waals surface area contributed by atoms with Gasteiger partial charge in [0.05, 0.1) is 23.4 Å². The summed E-state index contributed by atoms with van der Waals surface area (Å²) in [5.74, 6) is -1.27. The van der Waals surface area contributed by atoms with Crippen molar-refractivity contribution in [1.29, 1.82) is 0 Å². The first-order valence-electron chi connectivity index (χ1n) is 5.78. The predicted octanol–water partition coefficient (Wildman–Crippen LogP) is 1.15. The van der Waals surface area contributed by atoms with Gasteiger partial charge in [-0.1, -0.05) is 6.07 Å². The van der Waals surface area contributed by atoms with E-state index in [1.807, 2.05) is 0 Å². The number of nitrogens with two attached hydrogens (primary N) is 1. The number of carbonyl (C=O) groups excluding carboxylic acids is 2. The third-order valence-corrected chi connectivity index (χ3v) is 2.44. The maximum Gasteiger partial charge on any atom is 0.418 e. The topological polar surface area (TPSA) is 84.2 Å². The summed E-state index contributed by atoms with van der Waals surface area (Å²) in [6.45, 7) is 1.76.